The van der Waals surface area contributed by atoms with E-state index >= 15 is 0 Å². The number of halogens is 2. The Labute approximate surface area is 185 Å². The number of rotatable bonds is 3. The van der Waals surface area contributed by atoms with Crippen molar-refractivity contribution in [1.29, 1.82) is 0 Å². The summed E-state index contributed by atoms with van der Waals surface area (Å²) in [5.74, 6) is 1.46. The van der Waals surface area contributed by atoms with Crippen molar-refractivity contribution in [3.05, 3.63) is 93.0 Å². The molecule has 3 aromatic carbocycles. The summed E-state index contributed by atoms with van der Waals surface area (Å²) >= 11 is 12.8. The van der Waals surface area contributed by atoms with Crippen molar-refractivity contribution in [2.75, 3.05) is 7.11 Å². The second-order valence-electron chi connectivity index (χ2n) is 7.56. The lowest BCUT2D eigenvalue weighted by atomic mass is 9.95. The van der Waals surface area contributed by atoms with Crippen LogP contribution in [0.25, 0.3) is 0 Å². The number of aryl methyl sites for hydroxylation is 1. The van der Waals surface area contributed by atoms with E-state index in [1.165, 1.54) is 5.56 Å². The first-order chi connectivity index (χ1) is 14.5. The molecule has 4 nitrogen and oxygen atoms in total. The van der Waals surface area contributed by atoms with Gasteiger partial charge in [0.15, 0.2) is 0 Å². The number of fused-ring (bicyclic) bond motifs is 3. The van der Waals surface area contributed by atoms with Gasteiger partial charge in [0, 0.05) is 22.6 Å². The van der Waals surface area contributed by atoms with Crippen LogP contribution in [-0.2, 0) is 0 Å². The predicted octanol–water partition coefficient (Wildman–Crippen LogP) is 6.55. The van der Waals surface area contributed by atoms with Gasteiger partial charge in [-0.2, -0.15) is 5.10 Å². The van der Waals surface area contributed by atoms with Gasteiger partial charge in [-0.15, -0.1) is 0 Å². The summed E-state index contributed by atoms with van der Waals surface area (Å²) in [5.41, 5.74) is 5.29. The second-order valence-corrected chi connectivity index (χ2v) is 8.41. The van der Waals surface area contributed by atoms with Crippen LogP contribution >= 0.6 is 23.2 Å². The Morgan fingerprint density at radius 3 is 2.47 bits per heavy atom. The quantitative estimate of drug-likeness (QED) is 0.464. The van der Waals surface area contributed by atoms with E-state index in [0.717, 1.165) is 34.6 Å². The topological polar surface area (TPSA) is 34.1 Å². The van der Waals surface area contributed by atoms with Crippen LogP contribution in [0.5, 0.6) is 11.5 Å². The third-order valence-corrected chi connectivity index (χ3v) is 6.09. The molecule has 2 heterocycles. The van der Waals surface area contributed by atoms with Gasteiger partial charge in [-0.1, -0.05) is 53.0 Å². The summed E-state index contributed by atoms with van der Waals surface area (Å²) in [5, 5.41) is 8.10. The monoisotopic (exact) mass is 438 g/mol. The molecule has 0 N–H and O–H groups in total. The molecule has 0 saturated carbocycles. The van der Waals surface area contributed by atoms with Crippen molar-refractivity contribution < 1.29 is 9.47 Å². The van der Waals surface area contributed by atoms with E-state index in [-0.39, 0.29) is 6.04 Å². The van der Waals surface area contributed by atoms with Gasteiger partial charge in [0.2, 0.25) is 6.23 Å². The van der Waals surface area contributed by atoms with E-state index in [1.54, 1.807) is 13.2 Å². The van der Waals surface area contributed by atoms with E-state index in [2.05, 4.69) is 31.2 Å². The van der Waals surface area contributed by atoms with E-state index < -0.39 is 6.23 Å². The van der Waals surface area contributed by atoms with Crippen molar-refractivity contribution in [2.45, 2.75) is 25.6 Å². The van der Waals surface area contributed by atoms with E-state index in [4.69, 9.17) is 37.8 Å². The minimum Gasteiger partial charge on any atom is -0.497 e. The van der Waals surface area contributed by atoms with Crippen LogP contribution in [-0.4, -0.2) is 17.8 Å². The van der Waals surface area contributed by atoms with Crippen molar-refractivity contribution >= 4 is 28.9 Å². The molecule has 2 atom stereocenters. The third kappa shape index (κ3) is 3.30. The molecule has 0 spiro atoms. The minimum absolute atomic E-state index is 0.00615. The Bertz CT molecular complexity index is 1130. The van der Waals surface area contributed by atoms with Crippen LogP contribution in [0.15, 0.2) is 65.8 Å². The molecule has 0 bridgehead atoms. The van der Waals surface area contributed by atoms with Crippen LogP contribution in [0.3, 0.4) is 0 Å². The second kappa shape index (κ2) is 7.53. The highest BCUT2D eigenvalue weighted by atomic mass is 35.5. The molecule has 152 valence electrons. The largest absolute Gasteiger partial charge is 0.497 e. The summed E-state index contributed by atoms with van der Waals surface area (Å²) in [6.07, 6.45) is 0.359. The molecule has 2 aliphatic heterocycles. The number of methoxy groups -OCH3 is 1. The van der Waals surface area contributed by atoms with Crippen molar-refractivity contribution in [3.8, 4) is 11.5 Å². The Hall–Kier alpha value is -2.69. The average Bonchev–Trinajstić information content (AvgIpc) is 3.20. The lowest BCUT2D eigenvalue weighted by molar-refractivity contribution is -0.0189. The summed E-state index contributed by atoms with van der Waals surface area (Å²) in [7, 11) is 1.65. The van der Waals surface area contributed by atoms with Crippen LogP contribution in [0.2, 0.25) is 10.0 Å². The molecule has 0 fully saturated rings. The first-order valence-electron chi connectivity index (χ1n) is 9.76. The van der Waals surface area contributed by atoms with Gasteiger partial charge in [0.05, 0.1) is 23.9 Å². The molecule has 0 unspecified atom stereocenters. The standard InChI is InChI=1S/C24H20Cl2N2O2/c1-14-3-5-15(6-4-14)21-13-22-19-11-17(25)12-20(26)23(19)30-24(28(22)27-21)16-7-9-18(29-2)10-8-16/h3-12,22,24H,13H2,1-2H3/t22-,24+/m1/s1. The zero-order chi connectivity index (χ0) is 20.8. The molecule has 0 saturated heterocycles. The van der Waals surface area contributed by atoms with Gasteiger partial charge < -0.3 is 9.47 Å². The number of benzene rings is 3. The van der Waals surface area contributed by atoms with Crippen LogP contribution in [0.4, 0.5) is 0 Å². The van der Waals surface area contributed by atoms with Gasteiger partial charge in [-0.25, -0.2) is 5.01 Å². The molecule has 0 amide bonds. The highest BCUT2D eigenvalue weighted by Gasteiger charge is 2.42. The Kier molecular flexibility index (Phi) is 4.84. The summed E-state index contributed by atoms with van der Waals surface area (Å²) in [4.78, 5) is 0. The highest BCUT2D eigenvalue weighted by Crippen LogP contribution is 2.50. The highest BCUT2D eigenvalue weighted by molar-refractivity contribution is 6.35. The number of hydrazone groups is 1. The van der Waals surface area contributed by atoms with E-state index in [1.807, 2.05) is 35.3 Å². The molecule has 0 aliphatic carbocycles. The van der Waals surface area contributed by atoms with Gasteiger partial charge in [-0.05, 0) is 48.9 Å². The number of nitrogens with zero attached hydrogens (tertiary/aromatic N) is 2. The molecule has 3 aromatic rings. The van der Waals surface area contributed by atoms with E-state index in [0.29, 0.717) is 15.8 Å². The molecular weight excluding hydrogens is 419 g/mol. The zero-order valence-corrected chi connectivity index (χ0v) is 18.1. The SMILES string of the molecule is COc1ccc([C@@H]2Oc3c(Cl)cc(Cl)cc3[C@H]3CC(c4ccc(C)cc4)=NN32)cc1. The van der Waals surface area contributed by atoms with Crippen LogP contribution in [0.1, 0.15) is 40.9 Å². The fourth-order valence-corrected chi connectivity index (χ4v) is 4.58. The number of ether oxygens (including phenoxy) is 2. The molecule has 6 heteroatoms. The zero-order valence-electron chi connectivity index (χ0n) is 16.6. The number of hydrogen-bond donors (Lipinski definition) is 0. The summed E-state index contributed by atoms with van der Waals surface area (Å²) in [6.45, 7) is 2.08. The minimum atomic E-state index is -0.393. The molecule has 0 radical (unpaired) electrons. The Morgan fingerprint density at radius 2 is 1.77 bits per heavy atom. The fraction of sp³-hybridized carbons (Fsp3) is 0.208. The maximum atomic E-state index is 6.52. The normalized spacial score (nSPS) is 19.6. The van der Waals surface area contributed by atoms with Gasteiger partial charge in [-0.3, -0.25) is 0 Å². The van der Waals surface area contributed by atoms with Gasteiger partial charge in [0.25, 0.3) is 0 Å². The predicted molar refractivity (Wildman–Crippen MR) is 120 cm³/mol. The lowest BCUT2D eigenvalue weighted by Gasteiger charge is -2.38. The molecule has 0 aromatic heterocycles. The maximum Gasteiger partial charge on any atom is 0.213 e. The van der Waals surface area contributed by atoms with Crippen molar-refractivity contribution in [2.24, 2.45) is 5.10 Å². The fourth-order valence-electron chi connectivity index (χ4n) is 4.02. The average molecular weight is 439 g/mol. The lowest BCUT2D eigenvalue weighted by Crippen LogP contribution is -2.33. The summed E-state index contributed by atoms with van der Waals surface area (Å²) in [6, 6.07) is 19.9. The van der Waals surface area contributed by atoms with Crippen LogP contribution in [0, 0.1) is 6.92 Å². The molecule has 5 rings (SSSR count). The Morgan fingerprint density at radius 1 is 1.03 bits per heavy atom. The van der Waals surface area contributed by atoms with Gasteiger partial charge in [0.1, 0.15) is 11.5 Å². The molecule has 2 aliphatic rings. The smallest absolute Gasteiger partial charge is 0.213 e. The van der Waals surface area contributed by atoms with Crippen molar-refractivity contribution in [1.82, 2.24) is 5.01 Å². The van der Waals surface area contributed by atoms with Gasteiger partial charge >= 0.3 is 0 Å². The third-order valence-electron chi connectivity index (χ3n) is 5.59. The first kappa shape index (κ1) is 19.3. The molecular formula is C24H20Cl2N2O2. The molecule has 30 heavy (non-hydrogen) atoms. The van der Waals surface area contributed by atoms with Crippen LogP contribution < -0.4 is 9.47 Å². The van der Waals surface area contributed by atoms with Crippen molar-refractivity contribution in [3.63, 3.8) is 0 Å². The Balaban J connectivity index is 1.60. The maximum absolute atomic E-state index is 6.52. The first-order valence-corrected chi connectivity index (χ1v) is 10.5. The van der Waals surface area contributed by atoms with E-state index in [9.17, 15) is 0 Å². The number of hydrogen-bond acceptors (Lipinski definition) is 4. The summed E-state index contributed by atoms with van der Waals surface area (Å²) < 4.78 is 11.7.